The zero-order valence-corrected chi connectivity index (χ0v) is 20.5. The van der Waals surface area contributed by atoms with Gasteiger partial charge in [-0.3, -0.25) is 0 Å². The molecule has 0 aliphatic carbocycles. The number of carbonyl (C=O) groups is 1. The van der Waals surface area contributed by atoms with Gasteiger partial charge in [0.1, 0.15) is 29.3 Å². The number of aldehydes is 1. The summed E-state index contributed by atoms with van der Waals surface area (Å²) in [5.74, 6) is 2.46. The second kappa shape index (κ2) is 9.26. The summed E-state index contributed by atoms with van der Waals surface area (Å²) < 4.78 is 29.4. The Morgan fingerprint density at radius 2 is 1.43 bits per heavy atom. The summed E-state index contributed by atoms with van der Waals surface area (Å²) in [4.78, 5) is 11.6. The zero-order valence-electron chi connectivity index (χ0n) is 19.5. The van der Waals surface area contributed by atoms with Gasteiger partial charge in [-0.05, 0) is 36.3 Å². The van der Waals surface area contributed by atoms with E-state index in [0.29, 0.717) is 23.0 Å². The maximum Gasteiger partial charge on any atom is 0.192 e. The predicted molar refractivity (Wildman–Crippen MR) is 122 cm³/mol. The topological polar surface area (TPSA) is 63.2 Å². The van der Waals surface area contributed by atoms with Crippen molar-refractivity contribution in [2.45, 2.75) is 51.4 Å². The van der Waals surface area contributed by atoms with Crippen molar-refractivity contribution in [3.8, 4) is 23.0 Å². The van der Waals surface area contributed by atoms with E-state index in [-0.39, 0.29) is 11.5 Å². The second-order valence-corrected chi connectivity index (χ2v) is 13.4. The lowest BCUT2D eigenvalue weighted by atomic mass is 9.98. The van der Waals surface area contributed by atoms with E-state index in [1.807, 2.05) is 18.2 Å². The first-order valence-corrected chi connectivity index (χ1v) is 12.9. The highest BCUT2D eigenvalue weighted by molar-refractivity contribution is 6.74. The third-order valence-electron chi connectivity index (χ3n) is 5.92. The Morgan fingerprint density at radius 3 is 1.87 bits per heavy atom. The lowest BCUT2D eigenvalue weighted by Gasteiger charge is -2.39. The smallest absolute Gasteiger partial charge is 0.192 e. The van der Waals surface area contributed by atoms with Gasteiger partial charge in [-0.25, -0.2) is 0 Å². The molecule has 0 saturated heterocycles. The summed E-state index contributed by atoms with van der Waals surface area (Å²) in [6.07, 6.45) is 0.633. The van der Waals surface area contributed by atoms with E-state index in [4.69, 9.17) is 23.4 Å². The molecule has 0 spiro atoms. The molecule has 1 atom stereocenters. The lowest BCUT2D eigenvalue weighted by molar-refractivity contribution is -0.109. The van der Waals surface area contributed by atoms with Crippen LogP contribution in [0.5, 0.6) is 23.0 Å². The molecule has 0 aliphatic heterocycles. The number of hydrogen-bond donors (Lipinski definition) is 0. The van der Waals surface area contributed by atoms with Crippen molar-refractivity contribution in [1.82, 2.24) is 0 Å². The first-order chi connectivity index (χ1) is 14.1. The molecule has 0 heterocycles. The van der Waals surface area contributed by atoms with Gasteiger partial charge in [-0.1, -0.05) is 20.8 Å². The van der Waals surface area contributed by atoms with Gasteiger partial charge >= 0.3 is 0 Å². The van der Waals surface area contributed by atoms with Crippen molar-refractivity contribution in [1.29, 1.82) is 0 Å². The number of fused-ring (bicyclic) bond motifs is 1. The first kappa shape index (κ1) is 24.0. The number of ether oxygens (including phenoxy) is 4. The van der Waals surface area contributed by atoms with Crippen LogP contribution in [0.1, 0.15) is 38.9 Å². The summed E-state index contributed by atoms with van der Waals surface area (Å²) in [6.45, 7) is 10.8. The zero-order chi connectivity index (χ0) is 22.7. The Hall–Kier alpha value is -2.25. The predicted octanol–water partition coefficient (Wildman–Crippen LogP) is 5.53. The lowest BCUT2D eigenvalue weighted by Crippen LogP contribution is -2.42. The SMILES string of the molecule is COc1ccc(OC)c2c(OC)c([C@@H](CC=O)O[Si](C)(C)C(C)(C)C)cc(OC)c12. The van der Waals surface area contributed by atoms with Gasteiger partial charge in [0.25, 0.3) is 0 Å². The average Bonchev–Trinajstić information content (AvgIpc) is 2.70. The van der Waals surface area contributed by atoms with Crippen LogP contribution in [-0.4, -0.2) is 43.0 Å². The standard InChI is InChI=1S/C23H34O6Si/c1-23(2,3)30(8,9)29-16(12-13-24)15-14-19(27-6)20-17(25-4)10-11-18(26-5)21(20)22(15)28-7/h10-11,13-14,16H,12H2,1-9H3/t16-/m1/s1. The van der Waals surface area contributed by atoms with Crippen molar-refractivity contribution in [3.63, 3.8) is 0 Å². The van der Waals surface area contributed by atoms with Gasteiger partial charge < -0.3 is 28.2 Å². The third-order valence-corrected chi connectivity index (χ3v) is 10.4. The largest absolute Gasteiger partial charge is 0.496 e. The van der Waals surface area contributed by atoms with E-state index < -0.39 is 14.4 Å². The molecular formula is C23H34O6Si. The molecule has 0 radical (unpaired) electrons. The summed E-state index contributed by atoms with van der Waals surface area (Å²) in [5.41, 5.74) is 0.755. The fraction of sp³-hybridized carbons (Fsp3) is 0.522. The average molecular weight is 435 g/mol. The van der Waals surface area contributed by atoms with E-state index in [9.17, 15) is 4.79 Å². The van der Waals surface area contributed by atoms with Gasteiger partial charge in [-0.2, -0.15) is 0 Å². The first-order valence-electron chi connectivity index (χ1n) is 9.97. The highest BCUT2D eigenvalue weighted by atomic mass is 28.4. The van der Waals surface area contributed by atoms with Crippen molar-refractivity contribution in [2.24, 2.45) is 0 Å². The molecule has 0 amide bonds. The molecule has 0 unspecified atom stereocenters. The summed E-state index contributed by atoms with van der Waals surface area (Å²) in [7, 11) is 4.25. The van der Waals surface area contributed by atoms with Crippen LogP contribution in [0.25, 0.3) is 10.8 Å². The maximum atomic E-state index is 11.6. The summed E-state index contributed by atoms with van der Waals surface area (Å²) >= 11 is 0. The minimum atomic E-state index is -2.17. The van der Waals surface area contributed by atoms with Crippen LogP contribution >= 0.6 is 0 Å². The minimum Gasteiger partial charge on any atom is -0.496 e. The fourth-order valence-electron chi connectivity index (χ4n) is 3.28. The Morgan fingerprint density at radius 1 is 0.900 bits per heavy atom. The molecule has 166 valence electrons. The van der Waals surface area contributed by atoms with Crippen LogP contribution in [0.2, 0.25) is 18.1 Å². The molecule has 7 heteroatoms. The molecule has 0 aromatic heterocycles. The van der Waals surface area contributed by atoms with E-state index in [1.54, 1.807) is 28.4 Å². The number of methoxy groups -OCH3 is 4. The molecule has 0 saturated carbocycles. The van der Waals surface area contributed by atoms with Gasteiger partial charge in [0.15, 0.2) is 8.32 Å². The number of hydrogen-bond acceptors (Lipinski definition) is 6. The normalized spacial score (nSPS) is 13.1. The van der Waals surface area contributed by atoms with Crippen molar-refractivity contribution in [2.75, 3.05) is 28.4 Å². The van der Waals surface area contributed by atoms with Crippen LogP contribution in [0.15, 0.2) is 18.2 Å². The van der Waals surface area contributed by atoms with E-state index >= 15 is 0 Å². The number of benzene rings is 2. The molecule has 6 nitrogen and oxygen atoms in total. The van der Waals surface area contributed by atoms with Crippen molar-refractivity contribution < 1.29 is 28.2 Å². The van der Waals surface area contributed by atoms with Crippen LogP contribution in [0, 0.1) is 0 Å². The molecule has 0 bridgehead atoms. The Balaban J connectivity index is 2.86. The number of rotatable bonds is 9. The molecule has 0 N–H and O–H groups in total. The van der Waals surface area contributed by atoms with E-state index in [0.717, 1.165) is 22.6 Å². The quantitative estimate of drug-likeness (QED) is 0.382. The minimum absolute atomic E-state index is 0.0107. The highest BCUT2D eigenvalue weighted by Gasteiger charge is 2.40. The Labute approximate surface area is 180 Å². The molecule has 2 rings (SSSR count). The number of carbonyl (C=O) groups excluding carboxylic acids is 1. The molecule has 30 heavy (non-hydrogen) atoms. The molecule has 2 aromatic rings. The Bertz CT molecular complexity index is 901. The molecule has 2 aromatic carbocycles. The van der Waals surface area contributed by atoms with E-state index in [1.165, 1.54) is 0 Å². The van der Waals surface area contributed by atoms with Gasteiger partial charge in [0.05, 0.1) is 45.3 Å². The molecule has 0 fully saturated rings. The van der Waals surface area contributed by atoms with Crippen molar-refractivity contribution in [3.05, 3.63) is 23.8 Å². The van der Waals surface area contributed by atoms with Gasteiger partial charge in [0, 0.05) is 12.0 Å². The van der Waals surface area contributed by atoms with E-state index in [2.05, 4.69) is 33.9 Å². The molecular weight excluding hydrogens is 400 g/mol. The van der Waals surface area contributed by atoms with Gasteiger partial charge in [-0.15, -0.1) is 0 Å². The van der Waals surface area contributed by atoms with Gasteiger partial charge in [0.2, 0.25) is 0 Å². The maximum absolute atomic E-state index is 11.6. The Kier molecular flexibility index (Phi) is 7.42. The van der Waals surface area contributed by atoms with Crippen molar-refractivity contribution >= 4 is 25.4 Å². The monoisotopic (exact) mass is 434 g/mol. The third kappa shape index (κ3) is 4.42. The fourth-order valence-corrected chi connectivity index (χ4v) is 4.56. The summed E-state index contributed by atoms with van der Waals surface area (Å²) in [6, 6.07) is 5.54. The highest BCUT2D eigenvalue weighted by Crippen LogP contribution is 2.50. The van der Waals surface area contributed by atoms with Crippen LogP contribution in [0.4, 0.5) is 0 Å². The van der Waals surface area contributed by atoms with Crippen LogP contribution < -0.4 is 18.9 Å². The molecule has 0 aliphatic rings. The van der Waals surface area contributed by atoms with Crippen LogP contribution in [-0.2, 0) is 9.22 Å². The second-order valence-electron chi connectivity index (χ2n) is 8.69. The van der Waals surface area contributed by atoms with Crippen LogP contribution in [0.3, 0.4) is 0 Å². The summed E-state index contributed by atoms with van der Waals surface area (Å²) in [5, 5.41) is 1.46.